The number of amides is 2. The molecule has 2 amide bonds. The summed E-state index contributed by atoms with van der Waals surface area (Å²) in [5, 5.41) is 14.1. The molecule has 0 unspecified atom stereocenters. The van der Waals surface area contributed by atoms with Crippen LogP contribution >= 0.6 is 27.7 Å². The second-order valence-electron chi connectivity index (χ2n) is 5.99. The summed E-state index contributed by atoms with van der Waals surface area (Å²) in [6.07, 6.45) is 0. The van der Waals surface area contributed by atoms with Gasteiger partial charge in [0.25, 0.3) is 5.91 Å². The molecule has 0 bridgehead atoms. The van der Waals surface area contributed by atoms with Gasteiger partial charge in [0.2, 0.25) is 5.91 Å². The van der Waals surface area contributed by atoms with E-state index in [9.17, 15) is 14.0 Å². The number of anilines is 1. The summed E-state index contributed by atoms with van der Waals surface area (Å²) in [4.78, 5) is 24.2. The van der Waals surface area contributed by atoms with Gasteiger partial charge in [-0.1, -0.05) is 27.7 Å². The lowest BCUT2D eigenvalue weighted by Crippen LogP contribution is -2.24. The lowest BCUT2D eigenvalue weighted by molar-refractivity contribution is -0.113. The van der Waals surface area contributed by atoms with Gasteiger partial charge in [0.05, 0.1) is 12.3 Å². The summed E-state index contributed by atoms with van der Waals surface area (Å²) >= 11 is 4.55. The standard InChI is InChI=1S/C19H17BrFN5O2S/c1-26-16(10-22-18(28)12-2-4-13(20)5-3-12)24-25-19(26)29-11-17(27)23-15-8-6-14(21)7-9-15/h2-9H,10-11H2,1H3,(H,22,28)(H,23,27). The van der Waals surface area contributed by atoms with Crippen LogP contribution in [-0.2, 0) is 18.4 Å². The molecule has 3 aromatic rings. The molecule has 1 heterocycles. The van der Waals surface area contributed by atoms with Crippen LogP contribution in [0.2, 0.25) is 0 Å². The van der Waals surface area contributed by atoms with Crippen LogP contribution in [0.4, 0.5) is 10.1 Å². The highest BCUT2D eigenvalue weighted by Gasteiger charge is 2.13. The molecule has 0 saturated heterocycles. The minimum absolute atomic E-state index is 0.120. The molecule has 150 valence electrons. The van der Waals surface area contributed by atoms with E-state index in [1.807, 2.05) is 0 Å². The number of rotatable bonds is 7. The molecular weight excluding hydrogens is 461 g/mol. The number of carbonyl (C=O) groups is 2. The van der Waals surface area contributed by atoms with E-state index in [2.05, 4.69) is 36.8 Å². The van der Waals surface area contributed by atoms with Gasteiger partial charge in [0.1, 0.15) is 5.82 Å². The molecule has 2 aromatic carbocycles. The van der Waals surface area contributed by atoms with E-state index in [-0.39, 0.29) is 29.9 Å². The molecule has 1 aromatic heterocycles. The van der Waals surface area contributed by atoms with Crippen molar-refractivity contribution in [2.24, 2.45) is 7.05 Å². The summed E-state index contributed by atoms with van der Waals surface area (Å²) in [6, 6.07) is 12.6. The lowest BCUT2D eigenvalue weighted by Gasteiger charge is -2.07. The Balaban J connectivity index is 1.51. The number of hydrogen-bond donors (Lipinski definition) is 2. The highest BCUT2D eigenvalue weighted by Crippen LogP contribution is 2.17. The Hall–Kier alpha value is -2.72. The number of nitrogens with zero attached hydrogens (tertiary/aromatic N) is 3. The van der Waals surface area contributed by atoms with Gasteiger partial charge < -0.3 is 15.2 Å². The van der Waals surface area contributed by atoms with Gasteiger partial charge in [-0.05, 0) is 48.5 Å². The van der Waals surface area contributed by atoms with Crippen molar-refractivity contribution in [2.45, 2.75) is 11.7 Å². The first-order valence-corrected chi connectivity index (χ1v) is 10.3. The molecule has 10 heteroatoms. The summed E-state index contributed by atoms with van der Waals surface area (Å²) < 4.78 is 15.5. The average Bonchev–Trinajstić information content (AvgIpc) is 3.06. The van der Waals surface area contributed by atoms with Gasteiger partial charge >= 0.3 is 0 Å². The first-order valence-electron chi connectivity index (χ1n) is 8.52. The highest BCUT2D eigenvalue weighted by atomic mass is 79.9. The van der Waals surface area contributed by atoms with Crippen molar-refractivity contribution in [2.75, 3.05) is 11.1 Å². The van der Waals surface area contributed by atoms with Crippen molar-refractivity contribution in [3.63, 3.8) is 0 Å². The number of halogens is 2. The summed E-state index contributed by atoms with van der Waals surface area (Å²) in [7, 11) is 1.77. The predicted octanol–water partition coefficient (Wildman–Crippen LogP) is 3.38. The summed E-state index contributed by atoms with van der Waals surface area (Å²) in [5.74, 6) is -0.134. The number of nitrogens with one attached hydrogen (secondary N) is 2. The average molecular weight is 478 g/mol. The molecule has 2 N–H and O–H groups in total. The second kappa shape index (κ2) is 9.66. The molecule has 29 heavy (non-hydrogen) atoms. The van der Waals surface area contributed by atoms with Crippen LogP contribution in [0.15, 0.2) is 58.2 Å². The van der Waals surface area contributed by atoms with E-state index in [0.717, 1.165) is 4.47 Å². The molecule has 0 aliphatic rings. The van der Waals surface area contributed by atoms with Gasteiger partial charge in [-0.3, -0.25) is 9.59 Å². The zero-order chi connectivity index (χ0) is 20.8. The number of hydrogen-bond acceptors (Lipinski definition) is 5. The summed E-state index contributed by atoms with van der Waals surface area (Å²) in [6.45, 7) is 0.209. The van der Waals surface area contributed by atoms with Crippen LogP contribution in [-0.4, -0.2) is 32.3 Å². The SMILES string of the molecule is Cn1c(CNC(=O)c2ccc(Br)cc2)nnc1SCC(=O)Nc1ccc(F)cc1. The third-order valence-electron chi connectivity index (χ3n) is 3.90. The van der Waals surface area contributed by atoms with E-state index >= 15 is 0 Å². The highest BCUT2D eigenvalue weighted by molar-refractivity contribution is 9.10. The fraction of sp³-hybridized carbons (Fsp3) is 0.158. The Kier molecular flexibility index (Phi) is 6.99. The van der Waals surface area contributed by atoms with Crippen molar-refractivity contribution >= 4 is 45.2 Å². The maximum absolute atomic E-state index is 12.9. The molecule has 0 radical (unpaired) electrons. The van der Waals surface area contributed by atoms with Crippen LogP contribution in [0.25, 0.3) is 0 Å². The van der Waals surface area contributed by atoms with Gasteiger partial charge in [-0.25, -0.2) is 4.39 Å². The fourth-order valence-electron chi connectivity index (χ4n) is 2.35. The molecule has 0 aliphatic heterocycles. The first-order chi connectivity index (χ1) is 13.9. The van der Waals surface area contributed by atoms with Gasteiger partial charge in [-0.15, -0.1) is 10.2 Å². The Morgan fingerprint density at radius 3 is 2.48 bits per heavy atom. The Morgan fingerprint density at radius 2 is 1.79 bits per heavy atom. The van der Waals surface area contributed by atoms with Crippen molar-refractivity contribution < 1.29 is 14.0 Å². The third kappa shape index (κ3) is 5.88. The zero-order valence-corrected chi connectivity index (χ0v) is 17.8. The molecule has 7 nitrogen and oxygen atoms in total. The number of aromatic nitrogens is 3. The normalized spacial score (nSPS) is 10.6. The van der Waals surface area contributed by atoms with Crippen LogP contribution in [0.1, 0.15) is 16.2 Å². The monoisotopic (exact) mass is 477 g/mol. The zero-order valence-electron chi connectivity index (χ0n) is 15.4. The third-order valence-corrected chi connectivity index (χ3v) is 5.45. The van der Waals surface area contributed by atoms with Crippen molar-refractivity contribution in [1.29, 1.82) is 0 Å². The van der Waals surface area contributed by atoms with Crippen LogP contribution in [0, 0.1) is 5.82 Å². The quantitative estimate of drug-likeness (QED) is 0.509. The molecule has 0 saturated carbocycles. The summed E-state index contributed by atoms with van der Waals surface area (Å²) in [5.41, 5.74) is 1.06. The molecule has 0 fully saturated rings. The minimum atomic E-state index is -0.365. The van der Waals surface area contributed by atoms with Crippen molar-refractivity contribution in [3.05, 3.63) is 70.2 Å². The van der Waals surface area contributed by atoms with Crippen LogP contribution in [0.3, 0.4) is 0 Å². The van der Waals surface area contributed by atoms with E-state index in [4.69, 9.17) is 0 Å². The molecule has 0 atom stereocenters. The Morgan fingerprint density at radius 1 is 1.10 bits per heavy atom. The van der Waals surface area contributed by atoms with E-state index in [0.29, 0.717) is 22.2 Å². The molecule has 3 rings (SSSR count). The van der Waals surface area contributed by atoms with Crippen LogP contribution < -0.4 is 10.6 Å². The smallest absolute Gasteiger partial charge is 0.251 e. The largest absolute Gasteiger partial charge is 0.345 e. The topological polar surface area (TPSA) is 88.9 Å². The van der Waals surface area contributed by atoms with E-state index in [1.54, 1.807) is 35.9 Å². The van der Waals surface area contributed by atoms with Gasteiger partial charge in [0, 0.05) is 22.8 Å². The van der Waals surface area contributed by atoms with E-state index in [1.165, 1.54) is 36.0 Å². The van der Waals surface area contributed by atoms with Crippen molar-refractivity contribution in [3.8, 4) is 0 Å². The molecule has 0 aliphatic carbocycles. The Bertz CT molecular complexity index is 1010. The van der Waals surface area contributed by atoms with Gasteiger partial charge in [0.15, 0.2) is 11.0 Å². The molecule has 0 spiro atoms. The maximum Gasteiger partial charge on any atom is 0.251 e. The predicted molar refractivity (Wildman–Crippen MR) is 112 cm³/mol. The number of carbonyl (C=O) groups excluding carboxylic acids is 2. The first kappa shape index (κ1) is 21.0. The minimum Gasteiger partial charge on any atom is -0.345 e. The van der Waals surface area contributed by atoms with E-state index < -0.39 is 0 Å². The number of thioether (sulfide) groups is 1. The van der Waals surface area contributed by atoms with Crippen LogP contribution in [0.5, 0.6) is 0 Å². The number of benzene rings is 2. The second-order valence-corrected chi connectivity index (χ2v) is 7.85. The lowest BCUT2D eigenvalue weighted by atomic mass is 10.2. The van der Waals surface area contributed by atoms with Crippen molar-refractivity contribution in [1.82, 2.24) is 20.1 Å². The van der Waals surface area contributed by atoms with Gasteiger partial charge in [-0.2, -0.15) is 0 Å². The molecular formula is C19H17BrFN5O2S. The fourth-order valence-corrected chi connectivity index (χ4v) is 3.34. The maximum atomic E-state index is 12.9. The Labute approximate surface area is 179 Å².